The number of aliphatic hydroxyl groups is 1. The van der Waals surface area contributed by atoms with E-state index < -0.39 is 5.60 Å². The van der Waals surface area contributed by atoms with Crippen molar-refractivity contribution in [1.29, 1.82) is 0 Å². The van der Waals surface area contributed by atoms with Crippen molar-refractivity contribution in [2.24, 2.45) is 5.92 Å². The molecule has 0 saturated carbocycles. The minimum atomic E-state index is -0.454. The summed E-state index contributed by atoms with van der Waals surface area (Å²) in [5, 5.41) is 11.3. The summed E-state index contributed by atoms with van der Waals surface area (Å²) in [5.41, 5.74) is 2.33. The molecular formula is C19H27NO. The number of rotatable bonds is 3. The van der Waals surface area contributed by atoms with Gasteiger partial charge in [0.1, 0.15) is 0 Å². The zero-order chi connectivity index (χ0) is 14.6. The monoisotopic (exact) mass is 285 g/mol. The molecule has 21 heavy (non-hydrogen) atoms. The van der Waals surface area contributed by atoms with Crippen LogP contribution in [0.3, 0.4) is 0 Å². The lowest BCUT2D eigenvalue weighted by Crippen LogP contribution is -2.43. The Bertz CT molecular complexity index is 525. The van der Waals surface area contributed by atoms with E-state index in [9.17, 15) is 5.11 Å². The largest absolute Gasteiger partial charge is 0.388 e. The molecule has 4 bridgehead atoms. The van der Waals surface area contributed by atoms with E-state index in [0.29, 0.717) is 23.9 Å². The Morgan fingerprint density at radius 3 is 2.71 bits per heavy atom. The predicted octanol–water partition coefficient (Wildman–Crippen LogP) is 3.48. The molecule has 1 aromatic rings. The van der Waals surface area contributed by atoms with Crippen molar-refractivity contribution in [3.63, 3.8) is 0 Å². The first kappa shape index (κ1) is 13.8. The SMILES string of the molecule is CCC[C@@]1(O)CN2[C@H]3CC[C@@H]2[C@@H]1[C@@H](c1ccc(C)cc1)C3. The van der Waals surface area contributed by atoms with E-state index in [0.717, 1.165) is 19.4 Å². The molecular weight excluding hydrogens is 258 g/mol. The highest BCUT2D eigenvalue weighted by Crippen LogP contribution is 2.56. The molecule has 0 aliphatic carbocycles. The summed E-state index contributed by atoms with van der Waals surface area (Å²) in [6.07, 6.45) is 5.92. The van der Waals surface area contributed by atoms with Crippen LogP contribution in [0.5, 0.6) is 0 Å². The minimum Gasteiger partial charge on any atom is -0.388 e. The van der Waals surface area contributed by atoms with E-state index >= 15 is 0 Å². The number of piperidine rings is 1. The molecule has 0 aromatic heterocycles. The lowest BCUT2D eigenvalue weighted by Gasteiger charge is -2.40. The molecule has 0 radical (unpaired) electrons. The fourth-order valence-electron chi connectivity index (χ4n) is 5.55. The Labute approximate surface area is 128 Å². The molecule has 2 nitrogen and oxygen atoms in total. The molecule has 0 amide bonds. The third-order valence-electron chi connectivity index (χ3n) is 6.33. The summed E-state index contributed by atoms with van der Waals surface area (Å²) in [5.74, 6) is 0.998. The Morgan fingerprint density at radius 1 is 1.24 bits per heavy atom. The second-order valence-corrected chi connectivity index (χ2v) is 7.60. The standard InChI is InChI=1S/C19H27NO/c1-3-10-19(21)12-20-15-8-9-17(20)18(19)16(11-15)14-6-4-13(2)5-7-14/h4-7,15-18,21H,3,8-12H2,1-2H3/t15-,16+,17+,18-,19+/m0/s1. The van der Waals surface area contributed by atoms with Gasteiger partial charge in [-0.05, 0) is 44.1 Å². The van der Waals surface area contributed by atoms with E-state index in [-0.39, 0.29) is 0 Å². The van der Waals surface area contributed by atoms with Crippen molar-refractivity contribution < 1.29 is 5.11 Å². The van der Waals surface area contributed by atoms with Crippen LogP contribution in [0, 0.1) is 12.8 Å². The van der Waals surface area contributed by atoms with Crippen molar-refractivity contribution in [2.45, 2.75) is 69.6 Å². The van der Waals surface area contributed by atoms with Crippen LogP contribution in [-0.2, 0) is 0 Å². The minimum absolute atomic E-state index is 0.443. The molecule has 3 heterocycles. The van der Waals surface area contributed by atoms with E-state index in [1.165, 1.54) is 30.4 Å². The molecule has 1 aromatic carbocycles. The smallest absolute Gasteiger partial charge is 0.0822 e. The maximum atomic E-state index is 11.3. The highest BCUT2D eigenvalue weighted by molar-refractivity contribution is 5.30. The van der Waals surface area contributed by atoms with Crippen LogP contribution in [0.15, 0.2) is 24.3 Å². The number of benzene rings is 1. The lowest BCUT2D eigenvalue weighted by molar-refractivity contribution is -0.00776. The van der Waals surface area contributed by atoms with Crippen LogP contribution in [0.2, 0.25) is 0 Å². The number of hydrogen-bond acceptors (Lipinski definition) is 2. The average Bonchev–Trinajstić information content (AvgIpc) is 2.82. The van der Waals surface area contributed by atoms with Crippen molar-refractivity contribution in [2.75, 3.05) is 6.54 Å². The van der Waals surface area contributed by atoms with Gasteiger partial charge in [0.25, 0.3) is 0 Å². The van der Waals surface area contributed by atoms with Gasteiger partial charge in [-0.1, -0.05) is 43.2 Å². The maximum absolute atomic E-state index is 11.3. The second kappa shape index (κ2) is 4.82. The first-order valence-corrected chi connectivity index (χ1v) is 8.67. The van der Waals surface area contributed by atoms with Gasteiger partial charge < -0.3 is 5.11 Å². The van der Waals surface area contributed by atoms with Crippen molar-refractivity contribution in [3.8, 4) is 0 Å². The second-order valence-electron chi connectivity index (χ2n) is 7.60. The number of nitrogens with zero attached hydrogens (tertiary/aromatic N) is 1. The summed E-state index contributed by atoms with van der Waals surface area (Å²) in [6, 6.07) is 10.4. The van der Waals surface area contributed by atoms with Gasteiger partial charge in [-0.3, -0.25) is 4.90 Å². The molecule has 2 heteroatoms. The van der Waals surface area contributed by atoms with Gasteiger partial charge in [0.15, 0.2) is 0 Å². The van der Waals surface area contributed by atoms with Crippen LogP contribution < -0.4 is 0 Å². The summed E-state index contributed by atoms with van der Waals surface area (Å²) >= 11 is 0. The average molecular weight is 285 g/mol. The lowest BCUT2D eigenvalue weighted by atomic mass is 9.70. The molecule has 6 atom stereocenters. The molecule has 1 unspecified atom stereocenters. The van der Waals surface area contributed by atoms with Gasteiger partial charge >= 0.3 is 0 Å². The van der Waals surface area contributed by atoms with Gasteiger partial charge in [0.2, 0.25) is 0 Å². The molecule has 4 rings (SSSR count). The van der Waals surface area contributed by atoms with Crippen molar-refractivity contribution >= 4 is 0 Å². The third-order valence-corrected chi connectivity index (χ3v) is 6.33. The molecule has 114 valence electrons. The molecule has 1 N–H and O–H groups in total. The first-order valence-electron chi connectivity index (χ1n) is 8.67. The molecule has 0 spiro atoms. The zero-order valence-electron chi connectivity index (χ0n) is 13.3. The van der Waals surface area contributed by atoms with Crippen LogP contribution in [0.1, 0.15) is 56.1 Å². The van der Waals surface area contributed by atoms with Crippen LogP contribution >= 0.6 is 0 Å². The topological polar surface area (TPSA) is 23.5 Å². The van der Waals surface area contributed by atoms with Gasteiger partial charge in [-0.2, -0.15) is 0 Å². The van der Waals surface area contributed by atoms with E-state index in [1.54, 1.807) is 0 Å². The third kappa shape index (κ3) is 1.99. The fourth-order valence-corrected chi connectivity index (χ4v) is 5.55. The predicted molar refractivity (Wildman–Crippen MR) is 85.4 cm³/mol. The normalized spacial score (nSPS) is 44.2. The summed E-state index contributed by atoms with van der Waals surface area (Å²) in [7, 11) is 0. The Hall–Kier alpha value is -0.860. The Kier molecular flexibility index (Phi) is 3.16. The van der Waals surface area contributed by atoms with Crippen LogP contribution in [0.4, 0.5) is 0 Å². The van der Waals surface area contributed by atoms with Crippen molar-refractivity contribution in [3.05, 3.63) is 35.4 Å². The number of aryl methyl sites for hydroxylation is 1. The Balaban J connectivity index is 1.72. The van der Waals surface area contributed by atoms with Gasteiger partial charge in [0, 0.05) is 24.5 Å². The van der Waals surface area contributed by atoms with Crippen LogP contribution in [-0.4, -0.2) is 34.2 Å². The zero-order valence-corrected chi connectivity index (χ0v) is 13.3. The van der Waals surface area contributed by atoms with Crippen molar-refractivity contribution in [1.82, 2.24) is 4.90 Å². The number of hydrogen-bond donors (Lipinski definition) is 1. The fraction of sp³-hybridized carbons (Fsp3) is 0.684. The van der Waals surface area contributed by atoms with E-state index in [2.05, 4.69) is 43.0 Å². The van der Waals surface area contributed by atoms with Gasteiger partial charge in [0.05, 0.1) is 5.60 Å². The molecule has 3 aliphatic heterocycles. The highest BCUT2D eigenvalue weighted by atomic mass is 16.3. The van der Waals surface area contributed by atoms with Crippen LogP contribution in [0.25, 0.3) is 0 Å². The van der Waals surface area contributed by atoms with Gasteiger partial charge in [-0.15, -0.1) is 0 Å². The molecule has 3 fully saturated rings. The summed E-state index contributed by atoms with van der Waals surface area (Å²) < 4.78 is 0. The van der Waals surface area contributed by atoms with Gasteiger partial charge in [-0.25, -0.2) is 0 Å². The first-order chi connectivity index (χ1) is 10.1. The summed E-state index contributed by atoms with van der Waals surface area (Å²) in [4.78, 5) is 2.64. The Morgan fingerprint density at radius 2 is 2.00 bits per heavy atom. The highest BCUT2D eigenvalue weighted by Gasteiger charge is 2.61. The summed E-state index contributed by atoms with van der Waals surface area (Å²) in [6.45, 7) is 5.27. The quantitative estimate of drug-likeness (QED) is 0.919. The van der Waals surface area contributed by atoms with E-state index in [1.807, 2.05) is 0 Å². The maximum Gasteiger partial charge on any atom is 0.0822 e. The molecule has 3 saturated heterocycles. The van der Waals surface area contributed by atoms with E-state index in [4.69, 9.17) is 0 Å². The molecule has 3 aliphatic rings.